The zero-order chi connectivity index (χ0) is 10.7. The van der Waals surface area contributed by atoms with Gasteiger partial charge in [-0.15, -0.1) is 0 Å². The van der Waals surface area contributed by atoms with Crippen LogP contribution in [0.15, 0.2) is 24.3 Å². The van der Waals surface area contributed by atoms with E-state index in [9.17, 15) is 0 Å². The largest absolute Gasteiger partial charge is 0.381 e. The molecule has 1 aliphatic heterocycles. The molecule has 0 amide bonds. The molecule has 0 aromatic heterocycles. The zero-order valence-corrected chi connectivity index (χ0v) is 9.63. The van der Waals surface area contributed by atoms with E-state index in [2.05, 4.69) is 11.4 Å². The van der Waals surface area contributed by atoms with Crippen LogP contribution in [0, 0.1) is 0 Å². The molecule has 0 bridgehead atoms. The number of ether oxygens (including phenoxy) is 1. The summed E-state index contributed by atoms with van der Waals surface area (Å²) in [7, 11) is 1.79. The maximum Gasteiger partial charge on any atom is 0.0664 e. The Morgan fingerprint density at radius 2 is 2.33 bits per heavy atom. The van der Waals surface area contributed by atoms with Gasteiger partial charge in [-0.1, -0.05) is 23.7 Å². The summed E-state index contributed by atoms with van der Waals surface area (Å²) < 4.78 is 5.51. The summed E-state index contributed by atoms with van der Waals surface area (Å²) in [6.07, 6.45) is 1.37. The van der Waals surface area contributed by atoms with Crippen LogP contribution in [0.2, 0.25) is 5.02 Å². The van der Waals surface area contributed by atoms with Crippen LogP contribution in [0.25, 0.3) is 0 Å². The summed E-state index contributed by atoms with van der Waals surface area (Å²) in [6.45, 7) is 2.01. The summed E-state index contributed by atoms with van der Waals surface area (Å²) in [6, 6.07) is 8.06. The normalized spacial score (nSPS) is 26.5. The fraction of sp³-hybridized carbons (Fsp3) is 0.500. The van der Waals surface area contributed by atoms with Crippen LogP contribution < -0.4 is 5.32 Å². The van der Waals surface area contributed by atoms with Gasteiger partial charge in [-0.05, 0) is 30.7 Å². The first-order valence-electron chi connectivity index (χ1n) is 5.30. The minimum atomic E-state index is 0.310. The van der Waals surface area contributed by atoms with Crippen LogP contribution in [-0.2, 0) is 4.74 Å². The molecule has 15 heavy (non-hydrogen) atoms. The Labute approximate surface area is 95.6 Å². The highest BCUT2D eigenvalue weighted by Gasteiger charge is 2.25. The van der Waals surface area contributed by atoms with Crippen molar-refractivity contribution >= 4 is 11.6 Å². The van der Waals surface area contributed by atoms with Crippen molar-refractivity contribution in [2.75, 3.05) is 20.2 Å². The molecule has 1 aliphatic rings. The molecule has 1 fully saturated rings. The van der Waals surface area contributed by atoms with E-state index in [-0.39, 0.29) is 0 Å². The Morgan fingerprint density at radius 1 is 1.47 bits per heavy atom. The lowest BCUT2D eigenvalue weighted by molar-refractivity contribution is 0.0586. The van der Waals surface area contributed by atoms with Gasteiger partial charge < -0.3 is 10.1 Å². The monoisotopic (exact) mass is 225 g/mol. The molecule has 2 nitrogen and oxygen atoms in total. The van der Waals surface area contributed by atoms with Gasteiger partial charge in [0.2, 0.25) is 0 Å². The van der Waals surface area contributed by atoms with Crippen molar-refractivity contribution in [2.45, 2.75) is 18.4 Å². The highest BCUT2D eigenvalue weighted by molar-refractivity contribution is 6.30. The van der Waals surface area contributed by atoms with E-state index in [1.807, 2.05) is 18.2 Å². The van der Waals surface area contributed by atoms with Crippen LogP contribution in [0.4, 0.5) is 0 Å². The molecule has 3 heteroatoms. The lowest BCUT2D eigenvalue weighted by Crippen LogP contribution is -2.39. The van der Waals surface area contributed by atoms with Gasteiger partial charge in [0, 0.05) is 24.6 Å². The Balaban J connectivity index is 2.20. The third kappa shape index (κ3) is 2.51. The average Bonchev–Trinajstić information content (AvgIpc) is 2.29. The van der Waals surface area contributed by atoms with Gasteiger partial charge in [0.1, 0.15) is 0 Å². The Morgan fingerprint density at radius 3 is 3.07 bits per heavy atom. The van der Waals surface area contributed by atoms with Crippen molar-refractivity contribution in [1.29, 1.82) is 0 Å². The maximum atomic E-state index is 5.99. The average molecular weight is 226 g/mol. The van der Waals surface area contributed by atoms with Gasteiger partial charge in [0.05, 0.1) is 6.10 Å². The molecule has 0 spiro atoms. The maximum absolute atomic E-state index is 5.99. The van der Waals surface area contributed by atoms with Crippen molar-refractivity contribution in [1.82, 2.24) is 5.32 Å². The number of hydrogen-bond donors (Lipinski definition) is 1. The second-order valence-electron chi connectivity index (χ2n) is 3.93. The zero-order valence-electron chi connectivity index (χ0n) is 8.87. The van der Waals surface area contributed by atoms with Crippen LogP contribution in [0.5, 0.6) is 0 Å². The highest BCUT2D eigenvalue weighted by Crippen LogP contribution is 2.27. The van der Waals surface area contributed by atoms with Crippen molar-refractivity contribution < 1.29 is 4.74 Å². The first-order valence-corrected chi connectivity index (χ1v) is 5.68. The predicted octanol–water partition coefficient (Wildman–Crippen LogP) is 2.43. The predicted molar refractivity (Wildman–Crippen MR) is 62.5 cm³/mol. The molecule has 1 heterocycles. The van der Waals surface area contributed by atoms with E-state index < -0.39 is 0 Å². The van der Waals surface area contributed by atoms with E-state index in [1.165, 1.54) is 5.56 Å². The van der Waals surface area contributed by atoms with Crippen LogP contribution in [0.1, 0.15) is 17.9 Å². The van der Waals surface area contributed by atoms with Gasteiger partial charge in [0.15, 0.2) is 0 Å². The first-order chi connectivity index (χ1) is 7.31. The third-order valence-corrected chi connectivity index (χ3v) is 3.23. The molecule has 1 N–H and O–H groups in total. The smallest absolute Gasteiger partial charge is 0.0664 e. The SMILES string of the molecule is COC1CCNCC1c1cccc(Cl)c1. The number of benzene rings is 1. The molecule has 1 aromatic rings. The number of piperidine rings is 1. The van der Waals surface area contributed by atoms with Gasteiger partial charge >= 0.3 is 0 Å². The molecule has 0 saturated carbocycles. The molecular weight excluding hydrogens is 210 g/mol. The molecular formula is C12H16ClNO. The molecule has 2 atom stereocenters. The molecule has 1 saturated heterocycles. The molecule has 82 valence electrons. The fourth-order valence-corrected chi connectivity index (χ4v) is 2.39. The van der Waals surface area contributed by atoms with Crippen LogP contribution >= 0.6 is 11.6 Å². The van der Waals surface area contributed by atoms with E-state index in [0.29, 0.717) is 12.0 Å². The summed E-state index contributed by atoms with van der Waals surface area (Å²) in [5, 5.41) is 4.19. The van der Waals surface area contributed by atoms with E-state index in [4.69, 9.17) is 16.3 Å². The van der Waals surface area contributed by atoms with E-state index in [0.717, 1.165) is 24.5 Å². The van der Waals surface area contributed by atoms with Gasteiger partial charge in [0.25, 0.3) is 0 Å². The summed E-state index contributed by atoms with van der Waals surface area (Å²) in [5.74, 6) is 0.419. The topological polar surface area (TPSA) is 21.3 Å². The van der Waals surface area contributed by atoms with Gasteiger partial charge in [-0.3, -0.25) is 0 Å². The molecule has 0 radical (unpaired) electrons. The van der Waals surface area contributed by atoms with Crippen molar-refractivity contribution in [3.63, 3.8) is 0 Å². The van der Waals surface area contributed by atoms with Gasteiger partial charge in [-0.2, -0.15) is 0 Å². The van der Waals surface area contributed by atoms with Crippen molar-refractivity contribution in [2.24, 2.45) is 0 Å². The number of hydrogen-bond acceptors (Lipinski definition) is 2. The quantitative estimate of drug-likeness (QED) is 0.835. The standard InChI is InChI=1S/C12H16ClNO/c1-15-12-5-6-14-8-11(12)9-3-2-4-10(13)7-9/h2-4,7,11-12,14H,5-6,8H2,1H3. The first kappa shape index (κ1) is 10.9. The number of rotatable bonds is 2. The lowest BCUT2D eigenvalue weighted by atomic mass is 9.89. The van der Waals surface area contributed by atoms with E-state index >= 15 is 0 Å². The number of methoxy groups -OCH3 is 1. The summed E-state index contributed by atoms with van der Waals surface area (Å²) >= 11 is 5.99. The minimum absolute atomic E-state index is 0.310. The van der Waals surface area contributed by atoms with Crippen molar-refractivity contribution in [3.8, 4) is 0 Å². The molecule has 0 aliphatic carbocycles. The second-order valence-corrected chi connectivity index (χ2v) is 4.36. The second kappa shape index (κ2) is 4.97. The summed E-state index contributed by atoms with van der Waals surface area (Å²) in [4.78, 5) is 0. The molecule has 2 unspecified atom stereocenters. The summed E-state index contributed by atoms with van der Waals surface area (Å²) in [5.41, 5.74) is 1.27. The Hall–Kier alpha value is -0.570. The Bertz CT molecular complexity index is 329. The lowest BCUT2D eigenvalue weighted by Gasteiger charge is -2.31. The Kier molecular flexibility index (Phi) is 3.62. The van der Waals surface area contributed by atoms with Gasteiger partial charge in [-0.25, -0.2) is 0 Å². The molecule has 2 rings (SSSR count). The van der Waals surface area contributed by atoms with Crippen LogP contribution in [-0.4, -0.2) is 26.3 Å². The van der Waals surface area contributed by atoms with Crippen molar-refractivity contribution in [3.05, 3.63) is 34.9 Å². The number of nitrogens with one attached hydrogen (secondary N) is 1. The molecule has 1 aromatic carbocycles. The van der Waals surface area contributed by atoms with E-state index in [1.54, 1.807) is 7.11 Å². The highest BCUT2D eigenvalue weighted by atomic mass is 35.5. The third-order valence-electron chi connectivity index (χ3n) is 3.00. The fourth-order valence-electron chi connectivity index (χ4n) is 2.19. The van der Waals surface area contributed by atoms with Crippen LogP contribution in [0.3, 0.4) is 0 Å². The minimum Gasteiger partial charge on any atom is -0.381 e. The number of halogens is 1.